The Balaban J connectivity index is 2.31. The van der Waals surface area contributed by atoms with Crippen LogP contribution >= 0.6 is 0 Å². The largest absolute Gasteiger partial charge is 0.489 e. The van der Waals surface area contributed by atoms with E-state index in [0.717, 1.165) is 14.7 Å². The Bertz CT molecular complexity index is 932. The standard InChI is InChI=1S/C19H24FN3O4S/c1-14(2)27-18-12-8-6-10-16(18)21-19(24)13-23(28(25,26)22(3)4)17-11-7-5-9-15(17)20/h5-12,14H,13H2,1-4H3,(H,21,24). The van der Waals surface area contributed by atoms with Crippen LogP contribution in [0.4, 0.5) is 15.8 Å². The summed E-state index contributed by atoms with van der Waals surface area (Å²) in [6, 6.07) is 12.2. The Morgan fingerprint density at radius 1 is 1.11 bits per heavy atom. The molecular weight excluding hydrogens is 385 g/mol. The minimum atomic E-state index is -4.10. The normalized spacial score (nSPS) is 11.5. The van der Waals surface area contributed by atoms with E-state index in [1.54, 1.807) is 24.3 Å². The predicted octanol–water partition coefficient (Wildman–Crippen LogP) is 2.86. The molecule has 0 aliphatic rings. The Morgan fingerprint density at radius 3 is 2.32 bits per heavy atom. The lowest BCUT2D eigenvalue weighted by Gasteiger charge is -2.27. The first-order valence-corrected chi connectivity index (χ1v) is 10.0. The van der Waals surface area contributed by atoms with Gasteiger partial charge in [-0.25, -0.2) is 8.70 Å². The van der Waals surface area contributed by atoms with Crippen molar-refractivity contribution in [1.29, 1.82) is 0 Å². The van der Waals surface area contributed by atoms with Crippen molar-refractivity contribution in [3.63, 3.8) is 0 Å². The van der Waals surface area contributed by atoms with E-state index in [9.17, 15) is 17.6 Å². The van der Waals surface area contributed by atoms with Gasteiger partial charge in [-0.1, -0.05) is 24.3 Å². The molecule has 0 aromatic heterocycles. The minimum Gasteiger partial charge on any atom is -0.489 e. The zero-order valence-electron chi connectivity index (χ0n) is 16.2. The highest BCUT2D eigenvalue weighted by atomic mass is 32.2. The summed E-state index contributed by atoms with van der Waals surface area (Å²) in [6.07, 6.45) is -0.109. The number of amides is 1. The second kappa shape index (κ2) is 9.03. The summed E-state index contributed by atoms with van der Waals surface area (Å²) in [7, 11) is -1.47. The quantitative estimate of drug-likeness (QED) is 0.727. The molecule has 0 unspecified atom stereocenters. The number of nitrogens with one attached hydrogen (secondary N) is 1. The van der Waals surface area contributed by atoms with Crippen LogP contribution in [0.3, 0.4) is 0 Å². The number of benzene rings is 2. The Hall–Kier alpha value is -2.65. The maximum atomic E-state index is 14.2. The average molecular weight is 409 g/mol. The molecule has 0 aliphatic heterocycles. The van der Waals surface area contributed by atoms with Crippen LogP contribution in [0.2, 0.25) is 0 Å². The second-order valence-electron chi connectivity index (χ2n) is 6.46. The molecule has 9 heteroatoms. The van der Waals surface area contributed by atoms with Crippen molar-refractivity contribution in [1.82, 2.24) is 4.31 Å². The molecule has 0 fully saturated rings. The molecule has 2 aromatic rings. The summed E-state index contributed by atoms with van der Waals surface area (Å²) in [5, 5.41) is 2.64. The van der Waals surface area contributed by atoms with Gasteiger partial charge in [0, 0.05) is 14.1 Å². The first kappa shape index (κ1) is 21.6. The van der Waals surface area contributed by atoms with Gasteiger partial charge in [0.05, 0.1) is 17.5 Å². The van der Waals surface area contributed by atoms with Crippen molar-refractivity contribution in [3.05, 3.63) is 54.3 Å². The summed E-state index contributed by atoms with van der Waals surface area (Å²) in [4.78, 5) is 12.6. The monoisotopic (exact) mass is 409 g/mol. The molecular formula is C19H24FN3O4S. The maximum Gasteiger partial charge on any atom is 0.304 e. The fourth-order valence-electron chi connectivity index (χ4n) is 2.39. The predicted molar refractivity (Wildman–Crippen MR) is 107 cm³/mol. The van der Waals surface area contributed by atoms with Gasteiger partial charge in [0.25, 0.3) is 0 Å². The molecule has 0 radical (unpaired) electrons. The van der Waals surface area contributed by atoms with Crippen LogP contribution in [0, 0.1) is 5.82 Å². The second-order valence-corrected chi connectivity index (χ2v) is 8.53. The fraction of sp³-hybridized carbons (Fsp3) is 0.316. The van der Waals surface area contributed by atoms with Crippen LogP contribution in [-0.4, -0.2) is 45.4 Å². The van der Waals surface area contributed by atoms with Crippen molar-refractivity contribution < 1.29 is 22.3 Å². The highest BCUT2D eigenvalue weighted by Gasteiger charge is 2.29. The van der Waals surface area contributed by atoms with E-state index in [0.29, 0.717) is 11.4 Å². The number of hydrogen-bond acceptors (Lipinski definition) is 4. The molecule has 0 saturated carbocycles. The molecule has 2 aromatic carbocycles. The van der Waals surface area contributed by atoms with Crippen LogP contribution in [0.25, 0.3) is 0 Å². The number of rotatable bonds is 8. The minimum absolute atomic E-state index is 0.109. The number of anilines is 2. The van der Waals surface area contributed by atoms with E-state index >= 15 is 0 Å². The third kappa shape index (κ3) is 5.20. The molecule has 2 rings (SSSR count). The molecule has 0 atom stereocenters. The molecule has 0 aliphatic carbocycles. The van der Waals surface area contributed by atoms with E-state index in [2.05, 4.69) is 5.32 Å². The zero-order chi connectivity index (χ0) is 20.9. The van der Waals surface area contributed by atoms with Crippen LogP contribution in [0.15, 0.2) is 48.5 Å². The fourth-order valence-corrected chi connectivity index (χ4v) is 3.46. The molecule has 1 amide bonds. The highest BCUT2D eigenvalue weighted by Crippen LogP contribution is 2.26. The summed E-state index contributed by atoms with van der Waals surface area (Å²) >= 11 is 0. The van der Waals surface area contributed by atoms with Crippen molar-refractivity contribution in [2.24, 2.45) is 0 Å². The number of carbonyl (C=O) groups excluding carboxylic acids is 1. The topological polar surface area (TPSA) is 79.0 Å². The van der Waals surface area contributed by atoms with Crippen LogP contribution < -0.4 is 14.4 Å². The van der Waals surface area contributed by atoms with Gasteiger partial charge in [-0.15, -0.1) is 0 Å². The smallest absolute Gasteiger partial charge is 0.304 e. The van der Waals surface area contributed by atoms with E-state index < -0.39 is 28.5 Å². The Kier molecular flexibility index (Phi) is 6.98. The van der Waals surface area contributed by atoms with Crippen LogP contribution in [0.1, 0.15) is 13.8 Å². The first-order valence-electron chi connectivity index (χ1n) is 8.63. The summed E-state index contributed by atoms with van der Waals surface area (Å²) in [5.74, 6) is -0.920. The molecule has 0 heterocycles. The number of hydrogen-bond donors (Lipinski definition) is 1. The van der Waals surface area contributed by atoms with Gasteiger partial charge in [-0.05, 0) is 38.1 Å². The first-order chi connectivity index (χ1) is 13.1. The van der Waals surface area contributed by atoms with E-state index in [1.807, 2.05) is 13.8 Å². The van der Waals surface area contributed by atoms with Crippen molar-refractivity contribution in [2.75, 3.05) is 30.3 Å². The maximum absolute atomic E-state index is 14.2. The van der Waals surface area contributed by atoms with Gasteiger partial charge in [0.2, 0.25) is 5.91 Å². The number of halogens is 1. The lowest BCUT2D eigenvalue weighted by molar-refractivity contribution is -0.114. The van der Waals surface area contributed by atoms with Crippen LogP contribution in [-0.2, 0) is 15.0 Å². The average Bonchev–Trinajstić information content (AvgIpc) is 2.61. The van der Waals surface area contributed by atoms with Gasteiger partial charge >= 0.3 is 10.2 Å². The van der Waals surface area contributed by atoms with Crippen molar-refractivity contribution in [3.8, 4) is 5.75 Å². The molecule has 0 bridgehead atoms. The zero-order valence-corrected chi connectivity index (χ0v) is 17.0. The van der Waals surface area contributed by atoms with E-state index in [-0.39, 0.29) is 11.8 Å². The summed E-state index contributed by atoms with van der Waals surface area (Å²) < 4.78 is 46.9. The number of para-hydroxylation sites is 3. The molecule has 7 nitrogen and oxygen atoms in total. The van der Waals surface area contributed by atoms with Gasteiger partial charge in [-0.2, -0.15) is 12.7 Å². The number of nitrogens with zero attached hydrogens (tertiary/aromatic N) is 2. The molecule has 28 heavy (non-hydrogen) atoms. The lowest BCUT2D eigenvalue weighted by atomic mass is 10.2. The van der Waals surface area contributed by atoms with Gasteiger partial charge in [0.15, 0.2) is 0 Å². The van der Waals surface area contributed by atoms with E-state index in [4.69, 9.17) is 4.74 Å². The summed E-state index contributed by atoms with van der Waals surface area (Å²) in [5.41, 5.74) is 0.190. The van der Waals surface area contributed by atoms with Gasteiger partial charge in [-0.3, -0.25) is 4.79 Å². The van der Waals surface area contributed by atoms with Gasteiger partial charge in [0.1, 0.15) is 18.1 Å². The third-order valence-corrected chi connectivity index (χ3v) is 5.48. The number of carbonyl (C=O) groups is 1. The van der Waals surface area contributed by atoms with Crippen molar-refractivity contribution in [2.45, 2.75) is 20.0 Å². The molecule has 1 N–H and O–H groups in total. The molecule has 0 saturated heterocycles. The third-order valence-electron chi connectivity index (χ3n) is 3.67. The Labute approximate surface area is 164 Å². The lowest BCUT2D eigenvalue weighted by Crippen LogP contribution is -2.44. The van der Waals surface area contributed by atoms with Crippen molar-refractivity contribution >= 4 is 27.5 Å². The number of ether oxygens (including phenoxy) is 1. The summed E-state index contributed by atoms with van der Waals surface area (Å²) in [6.45, 7) is 3.10. The van der Waals surface area contributed by atoms with E-state index in [1.165, 1.54) is 32.3 Å². The SMILES string of the molecule is CC(C)Oc1ccccc1NC(=O)CN(c1ccccc1F)S(=O)(=O)N(C)C. The molecule has 0 spiro atoms. The van der Waals surface area contributed by atoms with Gasteiger partial charge < -0.3 is 10.1 Å². The Morgan fingerprint density at radius 2 is 1.71 bits per heavy atom. The molecule has 152 valence electrons. The van der Waals surface area contributed by atoms with Crippen LogP contribution in [0.5, 0.6) is 5.75 Å². The highest BCUT2D eigenvalue weighted by molar-refractivity contribution is 7.90.